The number of anilines is 1. The molecule has 0 amide bonds. The zero-order valence-corrected chi connectivity index (χ0v) is 14.6. The van der Waals surface area contributed by atoms with Gasteiger partial charge in [-0.2, -0.15) is 5.26 Å². The number of nitrogens with one attached hydrogen (secondary N) is 1. The molecular formula is C21H21N5. The number of aromatic nitrogens is 2. The Bertz CT molecular complexity index is 941. The molecular weight excluding hydrogens is 322 g/mol. The third kappa shape index (κ3) is 3.51. The number of likely N-dealkylation sites (tertiary alicyclic amines) is 1. The quantitative estimate of drug-likeness (QED) is 0.769. The topological polar surface area (TPSA) is 64.8 Å². The van der Waals surface area contributed by atoms with Crippen molar-refractivity contribution in [3.05, 3.63) is 66.0 Å². The monoisotopic (exact) mass is 343 g/mol. The van der Waals surface area contributed by atoms with Gasteiger partial charge in [0.2, 0.25) is 0 Å². The Labute approximate surface area is 153 Å². The van der Waals surface area contributed by atoms with Gasteiger partial charge in [-0.3, -0.25) is 9.88 Å². The molecule has 0 aliphatic carbocycles. The smallest absolute Gasteiger partial charge is 0.143 e. The Morgan fingerprint density at radius 2 is 1.96 bits per heavy atom. The standard InChI is InChI=1S/C21H21N5/c22-12-18-7-3-10-24-21(18)25-13-16-8-11-26(14-16)15-19-5-1-4-17-6-2-9-23-20(17)19/h1-7,9-10,16H,8,11,13-15H2,(H,24,25)/t16-/m1/s1. The molecule has 1 aliphatic heterocycles. The van der Waals surface area contributed by atoms with Crippen LogP contribution in [0.3, 0.4) is 0 Å². The number of nitriles is 1. The molecule has 1 fully saturated rings. The maximum atomic E-state index is 9.16. The number of para-hydroxylation sites is 1. The molecule has 0 unspecified atom stereocenters. The summed E-state index contributed by atoms with van der Waals surface area (Å²) in [6, 6.07) is 16.3. The van der Waals surface area contributed by atoms with Crippen LogP contribution in [-0.4, -0.2) is 34.5 Å². The molecule has 1 aromatic carbocycles. The van der Waals surface area contributed by atoms with Crippen molar-refractivity contribution in [2.24, 2.45) is 5.92 Å². The van der Waals surface area contributed by atoms with Crippen LogP contribution in [0, 0.1) is 17.2 Å². The molecule has 26 heavy (non-hydrogen) atoms. The number of hydrogen-bond donors (Lipinski definition) is 1. The Hall–Kier alpha value is -2.97. The van der Waals surface area contributed by atoms with Gasteiger partial charge >= 0.3 is 0 Å². The summed E-state index contributed by atoms with van der Waals surface area (Å²) in [5, 5.41) is 13.7. The van der Waals surface area contributed by atoms with Gasteiger partial charge < -0.3 is 5.32 Å². The van der Waals surface area contributed by atoms with Crippen LogP contribution in [0.2, 0.25) is 0 Å². The van der Waals surface area contributed by atoms with E-state index in [2.05, 4.69) is 50.5 Å². The van der Waals surface area contributed by atoms with E-state index in [1.807, 2.05) is 12.3 Å². The van der Waals surface area contributed by atoms with Gasteiger partial charge in [0.15, 0.2) is 0 Å². The number of nitrogens with zero attached hydrogens (tertiary/aromatic N) is 4. The molecule has 4 rings (SSSR count). The van der Waals surface area contributed by atoms with E-state index in [1.165, 1.54) is 10.9 Å². The molecule has 2 aromatic heterocycles. The molecule has 3 heterocycles. The van der Waals surface area contributed by atoms with Crippen molar-refractivity contribution in [3.63, 3.8) is 0 Å². The summed E-state index contributed by atoms with van der Waals surface area (Å²) < 4.78 is 0. The maximum Gasteiger partial charge on any atom is 0.143 e. The molecule has 0 spiro atoms. The first-order chi connectivity index (χ1) is 12.8. The molecule has 1 atom stereocenters. The van der Waals surface area contributed by atoms with Gasteiger partial charge in [0.25, 0.3) is 0 Å². The van der Waals surface area contributed by atoms with Gasteiger partial charge in [-0.25, -0.2) is 4.98 Å². The van der Waals surface area contributed by atoms with Crippen molar-refractivity contribution in [3.8, 4) is 6.07 Å². The van der Waals surface area contributed by atoms with E-state index in [9.17, 15) is 0 Å². The SMILES string of the molecule is N#Cc1cccnc1NC[C@H]1CCN(Cc2cccc3cccnc23)C1. The van der Waals surface area contributed by atoms with E-state index in [4.69, 9.17) is 5.26 Å². The number of hydrogen-bond acceptors (Lipinski definition) is 5. The average molecular weight is 343 g/mol. The summed E-state index contributed by atoms with van der Waals surface area (Å²) >= 11 is 0. The highest BCUT2D eigenvalue weighted by Gasteiger charge is 2.23. The first-order valence-electron chi connectivity index (χ1n) is 8.97. The second kappa shape index (κ2) is 7.51. The first-order valence-corrected chi connectivity index (χ1v) is 8.97. The fourth-order valence-electron chi connectivity index (χ4n) is 3.64. The van der Waals surface area contributed by atoms with Crippen molar-refractivity contribution in [1.29, 1.82) is 5.26 Å². The molecule has 1 aliphatic rings. The van der Waals surface area contributed by atoms with E-state index in [0.717, 1.165) is 38.1 Å². The summed E-state index contributed by atoms with van der Waals surface area (Å²) in [5.41, 5.74) is 2.99. The van der Waals surface area contributed by atoms with Gasteiger partial charge in [-0.05, 0) is 42.6 Å². The number of rotatable bonds is 5. The van der Waals surface area contributed by atoms with Crippen LogP contribution in [0.15, 0.2) is 54.9 Å². The predicted octanol–water partition coefficient (Wildman–Crippen LogP) is 3.44. The van der Waals surface area contributed by atoms with E-state index in [-0.39, 0.29) is 0 Å². The summed E-state index contributed by atoms with van der Waals surface area (Å²) in [4.78, 5) is 11.3. The molecule has 130 valence electrons. The van der Waals surface area contributed by atoms with Gasteiger partial charge in [-0.1, -0.05) is 24.3 Å². The van der Waals surface area contributed by atoms with Gasteiger partial charge in [0.1, 0.15) is 11.9 Å². The molecule has 3 aromatic rings. The maximum absolute atomic E-state index is 9.16. The van der Waals surface area contributed by atoms with Crippen molar-refractivity contribution in [2.75, 3.05) is 25.0 Å². The molecule has 1 saturated heterocycles. The summed E-state index contributed by atoms with van der Waals surface area (Å²) in [5.74, 6) is 1.25. The summed E-state index contributed by atoms with van der Waals surface area (Å²) in [6.45, 7) is 3.90. The molecule has 0 radical (unpaired) electrons. The third-order valence-corrected chi connectivity index (χ3v) is 4.97. The van der Waals surface area contributed by atoms with Crippen molar-refractivity contribution in [2.45, 2.75) is 13.0 Å². The highest BCUT2D eigenvalue weighted by molar-refractivity contribution is 5.81. The van der Waals surface area contributed by atoms with Crippen LogP contribution in [-0.2, 0) is 6.54 Å². The van der Waals surface area contributed by atoms with Crippen LogP contribution < -0.4 is 5.32 Å². The molecule has 1 N–H and O–H groups in total. The predicted molar refractivity (Wildman–Crippen MR) is 103 cm³/mol. The Kier molecular flexibility index (Phi) is 4.76. The van der Waals surface area contributed by atoms with Crippen molar-refractivity contribution >= 4 is 16.7 Å². The van der Waals surface area contributed by atoms with Gasteiger partial charge in [-0.15, -0.1) is 0 Å². The molecule has 5 nitrogen and oxygen atoms in total. The van der Waals surface area contributed by atoms with Gasteiger partial charge in [0.05, 0.1) is 11.1 Å². The minimum atomic E-state index is 0.562. The largest absolute Gasteiger partial charge is 0.369 e. The highest BCUT2D eigenvalue weighted by atomic mass is 15.2. The fraction of sp³-hybridized carbons (Fsp3) is 0.286. The van der Waals surface area contributed by atoms with E-state index in [1.54, 1.807) is 18.3 Å². The minimum absolute atomic E-state index is 0.562. The van der Waals surface area contributed by atoms with Crippen molar-refractivity contribution in [1.82, 2.24) is 14.9 Å². The van der Waals surface area contributed by atoms with E-state index >= 15 is 0 Å². The molecule has 5 heteroatoms. The second-order valence-electron chi connectivity index (χ2n) is 6.77. The van der Waals surface area contributed by atoms with Crippen molar-refractivity contribution < 1.29 is 0 Å². The number of fused-ring (bicyclic) bond motifs is 1. The second-order valence-corrected chi connectivity index (χ2v) is 6.77. The third-order valence-electron chi connectivity index (χ3n) is 4.97. The van der Waals surface area contributed by atoms with Crippen LogP contribution in [0.25, 0.3) is 10.9 Å². The fourth-order valence-corrected chi connectivity index (χ4v) is 3.64. The van der Waals surface area contributed by atoms with Crippen LogP contribution in [0.5, 0.6) is 0 Å². The van der Waals surface area contributed by atoms with Crippen LogP contribution in [0.1, 0.15) is 17.5 Å². The Morgan fingerprint density at radius 1 is 1.12 bits per heavy atom. The zero-order chi connectivity index (χ0) is 17.8. The van der Waals surface area contributed by atoms with E-state index < -0.39 is 0 Å². The average Bonchev–Trinajstić information content (AvgIpc) is 3.14. The summed E-state index contributed by atoms with van der Waals surface area (Å²) in [6.07, 6.45) is 4.74. The van der Waals surface area contributed by atoms with E-state index in [0.29, 0.717) is 17.3 Å². The van der Waals surface area contributed by atoms with Crippen LogP contribution in [0.4, 0.5) is 5.82 Å². The lowest BCUT2D eigenvalue weighted by atomic mass is 10.1. The number of benzene rings is 1. The molecule has 0 bridgehead atoms. The lowest BCUT2D eigenvalue weighted by molar-refractivity contribution is 0.320. The zero-order valence-electron chi connectivity index (χ0n) is 14.6. The molecule has 0 saturated carbocycles. The number of pyridine rings is 2. The lowest BCUT2D eigenvalue weighted by Gasteiger charge is -2.17. The first kappa shape index (κ1) is 16.5. The Morgan fingerprint density at radius 3 is 2.88 bits per heavy atom. The summed E-state index contributed by atoms with van der Waals surface area (Å²) in [7, 11) is 0. The highest BCUT2D eigenvalue weighted by Crippen LogP contribution is 2.23. The van der Waals surface area contributed by atoms with Crippen LogP contribution >= 0.6 is 0 Å². The normalized spacial score (nSPS) is 17.3. The minimum Gasteiger partial charge on any atom is -0.369 e. The lowest BCUT2D eigenvalue weighted by Crippen LogP contribution is -2.23. The Balaban J connectivity index is 1.37. The van der Waals surface area contributed by atoms with Gasteiger partial charge in [0, 0.05) is 37.4 Å².